The minimum absolute atomic E-state index is 0.221. The van der Waals surface area contributed by atoms with Crippen LogP contribution in [0.25, 0.3) is 0 Å². The lowest BCUT2D eigenvalue weighted by molar-refractivity contribution is 0.0330. The van der Waals surface area contributed by atoms with Crippen molar-refractivity contribution in [2.45, 2.75) is 45.8 Å². The zero-order chi connectivity index (χ0) is 13.5. The Bertz CT molecular complexity index is 336. The quantitative estimate of drug-likeness (QED) is 0.770. The molecule has 2 atom stereocenters. The minimum Gasteiger partial charge on any atom is -0.380 e. The molecule has 1 heterocycles. The van der Waals surface area contributed by atoms with Gasteiger partial charge in [0, 0.05) is 32.8 Å². The van der Waals surface area contributed by atoms with Gasteiger partial charge in [-0.3, -0.25) is 4.68 Å². The van der Waals surface area contributed by atoms with Crippen LogP contribution >= 0.6 is 0 Å². The summed E-state index contributed by atoms with van der Waals surface area (Å²) in [7, 11) is 3.75. The second-order valence-electron chi connectivity index (χ2n) is 5.19. The number of ether oxygens (including phenoxy) is 1. The highest BCUT2D eigenvalue weighted by atomic mass is 16.5. The lowest BCUT2D eigenvalue weighted by Crippen LogP contribution is -2.45. The highest BCUT2D eigenvalue weighted by Gasteiger charge is 2.24. The molecule has 1 aromatic heterocycles. The second-order valence-corrected chi connectivity index (χ2v) is 5.19. The van der Waals surface area contributed by atoms with Gasteiger partial charge in [-0.25, -0.2) is 0 Å². The standard InChI is InChI=1S/C14H27N3O/c1-6-8-15-13(14(18-5)11(2)3)10-12-7-9-17(4)16-12/h7,9,11,13-15H,6,8,10H2,1-5H3. The molecular formula is C14H27N3O. The zero-order valence-electron chi connectivity index (χ0n) is 12.3. The Hall–Kier alpha value is -0.870. The van der Waals surface area contributed by atoms with E-state index in [9.17, 15) is 0 Å². The van der Waals surface area contributed by atoms with Crippen molar-refractivity contribution in [3.63, 3.8) is 0 Å². The molecule has 0 aromatic carbocycles. The zero-order valence-corrected chi connectivity index (χ0v) is 12.3. The number of rotatable bonds is 8. The first-order chi connectivity index (χ1) is 8.58. The summed E-state index contributed by atoms with van der Waals surface area (Å²) in [6.45, 7) is 7.60. The van der Waals surface area contributed by atoms with Gasteiger partial charge in [0.25, 0.3) is 0 Å². The van der Waals surface area contributed by atoms with E-state index in [0.717, 1.165) is 25.1 Å². The summed E-state index contributed by atoms with van der Waals surface area (Å²) >= 11 is 0. The first-order valence-electron chi connectivity index (χ1n) is 6.83. The molecule has 0 bridgehead atoms. The molecule has 4 nitrogen and oxygen atoms in total. The molecule has 1 N–H and O–H groups in total. The van der Waals surface area contributed by atoms with Gasteiger partial charge < -0.3 is 10.1 Å². The summed E-state index contributed by atoms with van der Waals surface area (Å²) in [6, 6.07) is 2.40. The molecule has 2 unspecified atom stereocenters. The van der Waals surface area contributed by atoms with Gasteiger partial charge in [-0.2, -0.15) is 5.10 Å². The van der Waals surface area contributed by atoms with Crippen LogP contribution in [0, 0.1) is 5.92 Å². The van der Waals surface area contributed by atoms with E-state index in [1.165, 1.54) is 0 Å². The van der Waals surface area contributed by atoms with Crippen LogP contribution in [0.4, 0.5) is 0 Å². The molecule has 4 heteroatoms. The van der Waals surface area contributed by atoms with Crippen LogP contribution in [-0.4, -0.2) is 35.6 Å². The molecule has 0 saturated carbocycles. The maximum atomic E-state index is 5.65. The number of nitrogens with zero attached hydrogens (tertiary/aromatic N) is 2. The van der Waals surface area contributed by atoms with Crippen LogP contribution in [0.15, 0.2) is 12.3 Å². The first-order valence-corrected chi connectivity index (χ1v) is 6.83. The Morgan fingerprint density at radius 3 is 2.61 bits per heavy atom. The van der Waals surface area contributed by atoms with Crippen molar-refractivity contribution in [1.29, 1.82) is 0 Å². The fourth-order valence-corrected chi connectivity index (χ4v) is 2.33. The van der Waals surface area contributed by atoms with E-state index in [2.05, 4.69) is 37.3 Å². The normalized spacial score (nSPS) is 15.0. The molecule has 0 aliphatic carbocycles. The van der Waals surface area contributed by atoms with Crippen molar-refractivity contribution in [3.8, 4) is 0 Å². The van der Waals surface area contributed by atoms with Gasteiger partial charge in [0.15, 0.2) is 0 Å². The number of methoxy groups -OCH3 is 1. The van der Waals surface area contributed by atoms with E-state index in [-0.39, 0.29) is 6.10 Å². The van der Waals surface area contributed by atoms with E-state index >= 15 is 0 Å². The third-order valence-electron chi connectivity index (χ3n) is 3.18. The van der Waals surface area contributed by atoms with Gasteiger partial charge in [0.2, 0.25) is 0 Å². The van der Waals surface area contributed by atoms with Crippen molar-refractivity contribution < 1.29 is 4.74 Å². The van der Waals surface area contributed by atoms with Crippen LogP contribution in [0.5, 0.6) is 0 Å². The van der Waals surface area contributed by atoms with Crippen molar-refractivity contribution in [1.82, 2.24) is 15.1 Å². The number of hydrogen-bond acceptors (Lipinski definition) is 3. The summed E-state index contributed by atoms with van der Waals surface area (Å²) < 4.78 is 7.50. The molecule has 104 valence electrons. The summed E-state index contributed by atoms with van der Waals surface area (Å²) in [4.78, 5) is 0. The molecule has 0 aliphatic heterocycles. The predicted molar refractivity (Wildman–Crippen MR) is 74.6 cm³/mol. The van der Waals surface area contributed by atoms with E-state index in [1.807, 2.05) is 17.9 Å². The van der Waals surface area contributed by atoms with E-state index in [1.54, 1.807) is 7.11 Å². The SMILES string of the molecule is CCCNC(Cc1ccn(C)n1)C(OC)C(C)C. The van der Waals surface area contributed by atoms with Gasteiger partial charge in [0.1, 0.15) is 0 Å². The number of aryl methyl sites for hydroxylation is 1. The van der Waals surface area contributed by atoms with Crippen molar-refractivity contribution in [3.05, 3.63) is 18.0 Å². The van der Waals surface area contributed by atoms with Gasteiger partial charge in [0.05, 0.1) is 11.8 Å². The molecule has 1 aromatic rings. The Morgan fingerprint density at radius 2 is 2.17 bits per heavy atom. The molecule has 18 heavy (non-hydrogen) atoms. The molecule has 1 rings (SSSR count). The summed E-state index contributed by atoms with van der Waals surface area (Å²) in [5, 5.41) is 8.04. The molecule has 0 saturated heterocycles. The van der Waals surface area contributed by atoms with E-state index in [0.29, 0.717) is 12.0 Å². The maximum absolute atomic E-state index is 5.65. The Morgan fingerprint density at radius 1 is 1.44 bits per heavy atom. The Kier molecular flexibility index (Phi) is 6.36. The van der Waals surface area contributed by atoms with Crippen LogP contribution in [0.2, 0.25) is 0 Å². The smallest absolute Gasteiger partial charge is 0.0750 e. The van der Waals surface area contributed by atoms with E-state index < -0.39 is 0 Å². The Balaban J connectivity index is 2.70. The molecule has 0 fully saturated rings. The minimum atomic E-state index is 0.221. The predicted octanol–water partition coefficient (Wildman–Crippen LogP) is 2.00. The fourth-order valence-electron chi connectivity index (χ4n) is 2.33. The van der Waals surface area contributed by atoms with Gasteiger partial charge >= 0.3 is 0 Å². The highest BCUT2D eigenvalue weighted by molar-refractivity contribution is 5.03. The van der Waals surface area contributed by atoms with Crippen LogP contribution in [-0.2, 0) is 18.2 Å². The second kappa shape index (κ2) is 7.54. The van der Waals surface area contributed by atoms with Crippen molar-refractivity contribution in [2.24, 2.45) is 13.0 Å². The van der Waals surface area contributed by atoms with Gasteiger partial charge in [-0.15, -0.1) is 0 Å². The van der Waals surface area contributed by atoms with Crippen molar-refractivity contribution in [2.75, 3.05) is 13.7 Å². The van der Waals surface area contributed by atoms with E-state index in [4.69, 9.17) is 4.74 Å². The maximum Gasteiger partial charge on any atom is 0.0750 e. The molecule has 0 spiro atoms. The Labute approximate surface area is 111 Å². The number of hydrogen-bond donors (Lipinski definition) is 1. The summed E-state index contributed by atoms with van der Waals surface area (Å²) in [6.07, 6.45) is 4.26. The fraction of sp³-hybridized carbons (Fsp3) is 0.786. The third kappa shape index (κ3) is 4.42. The van der Waals surface area contributed by atoms with Crippen molar-refractivity contribution >= 4 is 0 Å². The van der Waals surface area contributed by atoms with Crippen LogP contribution < -0.4 is 5.32 Å². The number of aromatic nitrogens is 2. The summed E-state index contributed by atoms with van der Waals surface area (Å²) in [5.41, 5.74) is 1.12. The molecule has 0 aliphatic rings. The molecule has 0 amide bonds. The van der Waals surface area contributed by atoms with Gasteiger partial charge in [-0.05, 0) is 24.9 Å². The third-order valence-corrected chi connectivity index (χ3v) is 3.18. The van der Waals surface area contributed by atoms with Crippen LogP contribution in [0.3, 0.4) is 0 Å². The molecule has 0 radical (unpaired) electrons. The van der Waals surface area contributed by atoms with Gasteiger partial charge in [-0.1, -0.05) is 20.8 Å². The monoisotopic (exact) mass is 253 g/mol. The van der Waals surface area contributed by atoms with Crippen LogP contribution in [0.1, 0.15) is 32.9 Å². The number of nitrogens with one attached hydrogen (secondary N) is 1. The topological polar surface area (TPSA) is 39.1 Å². The summed E-state index contributed by atoms with van der Waals surface area (Å²) in [5.74, 6) is 0.494. The lowest BCUT2D eigenvalue weighted by atomic mass is 9.95. The molecular weight excluding hydrogens is 226 g/mol. The lowest BCUT2D eigenvalue weighted by Gasteiger charge is -2.29. The first kappa shape index (κ1) is 15.2. The highest BCUT2D eigenvalue weighted by Crippen LogP contribution is 2.14. The average molecular weight is 253 g/mol. The average Bonchev–Trinajstić information content (AvgIpc) is 2.72. The largest absolute Gasteiger partial charge is 0.380 e.